The van der Waals surface area contributed by atoms with Crippen LogP contribution >= 0.6 is 0 Å². The molecule has 0 aliphatic carbocycles. The number of benzene rings is 4. The SMILES string of the molecule is Cc1cc([N+](=O)[O-])ccc1N.Cc1cc([N+](=O)[O-])ccc1N.O=C1OC(=O)c2ccc3c4c(ccc1c24)C(=O)OC3=O. The van der Waals surface area contributed by atoms with Crippen molar-refractivity contribution in [1.82, 2.24) is 0 Å². The van der Waals surface area contributed by atoms with Crippen LogP contribution in [0.3, 0.4) is 0 Å². The average Bonchev–Trinajstić information content (AvgIpc) is 2.94. The molecule has 14 heteroatoms. The highest BCUT2D eigenvalue weighted by Crippen LogP contribution is 2.36. The van der Waals surface area contributed by atoms with Gasteiger partial charge in [0.1, 0.15) is 0 Å². The minimum atomic E-state index is -0.794. The Morgan fingerprint density at radius 3 is 1.07 bits per heavy atom. The van der Waals surface area contributed by atoms with Crippen molar-refractivity contribution in [3.63, 3.8) is 0 Å². The van der Waals surface area contributed by atoms with Crippen LogP contribution < -0.4 is 11.5 Å². The van der Waals surface area contributed by atoms with Gasteiger partial charge in [0.05, 0.1) is 32.1 Å². The molecule has 4 aromatic rings. The molecule has 2 aliphatic rings. The Labute approximate surface area is 235 Å². The molecule has 14 nitrogen and oxygen atoms in total. The van der Waals surface area contributed by atoms with Crippen LogP contribution in [0.25, 0.3) is 10.8 Å². The Balaban J connectivity index is 0.000000158. The third-order valence-corrected chi connectivity index (χ3v) is 6.34. The summed E-state index contributed by atoms with van der Waals surface area (Å²) < 4.78 is 9.22. The van der Waals surface area contributed by atoms with Gasteiger partial charge in [-0.2, -0.15) is 0 Å². The summed E-state index contributed by atoms with van der Waals surface area (Å²) in [4.78, 5) is 66.5. The number of nitrogen functional groups attached to an aromatic ring is 2. The first kappa shape index (κ1) is 28.8. The summed E-state index contributed by atoms with van der Waals surface area (Å²) in [6.07, 6.45) is 0. The normalized spacial score (nSPS) is 12.7. The third-order valence-electron chi connectivity index (χ3n) is 6.34. The first-order valence-electron chi connectivity index (χ1n) is 11.9. The number of anilines is 2. The van der Waals surface area contributed by atoms with Crippen LogP contribution in [0.15, 0.2) is 60.7 Å². The van der Waals surface area contributed by atoms with E-state index in [1.54, 1.807) is 13.8 Å². The Hall–Kier alpha value is -6.18. The Kier molecular flexibility index (Phi) is 7.64. The number of rotatable bonds is 2. The van der Waals surface area contributed by atoms with E-state index in [9.17, 15) is 39.4 Å². The van der Waals surface area contributed by atoms with Gasteiger partial charge in [-0.3, -0.25) is 20.2 Å². The number of aryl methyl sites for hydroxylation is 2. The van der Waals surface area contributed by atoms with E-state index in [2.05, 4.69) is 9.47 Å². The molecule has 0 spiro atoms. The number of nitrogens with two attached hydrogens (primary N) is 2. The molecule has 212 valence electrons. The number of cyclic esters (lactones) is 4. The summed E-state index contributed by atoms with van der Waals surface area (Å²) in [5.74, 6) is -3.18. The molecule has 2 heterocycles. The molecule has 2 aliphatic heterocycles. The van der Waals surface area contributed by atoms with E-state index < -0.39 is 33.7 Å². The van der Waals surface area contributed by atoms with Crippen LogP contribution in [0, 0.1) is 34.1 Å². The van der Waals surface area contributed by atoms with E-state index in [0.717, 1.165) is 11.1 Å². The maximum atomic E-state index is 11.7. The van der Waals surface area contributed by atoms with Gasteiger partial charge < -0.3 is 20.9 Å². The highest BCUT2D eigenvalue weighted by Gasteiger charge is 2.35. The van der Waals surface area contributed by atoms with Crippen molar-refractivity contribution < 1.29 is 38.5 Å². The van der Waals surface area contributed by atoms with Gasteiger partial charge >= 0.3 is 23.9 Å². The molecule has 0 fully saturated rings. The van der Waals surface area contributed by atoms with Gasteiger partial charge in [-0.15, -0.1) is 0 Å². The molecule has 0 radical (unpaired) electrons. The zero-order valence-electron chi connectivity index (χ0n) is 21.9. The second-order valence-corrected chi connectivity index (χ2v) is 9.02. The van der Waals surface area contributed by atoms with Crippen LogP contribution in [-0.4, -0.2) is 33.7 Å². The fraction of sp³-hybridized carbons (Fsp3) is 0.0714. The van der Waals surface area contributed by atoms with E-state index in [-0.39, 0.29) is 44.4 Å². The molecule has 0 amide bonds. The quantitative estimate of drug-likeness (QED) is 0.112. The highest BCUT2D eigenvalue weighted by atomic mass is 16.6. The molecule has 4 aromatic carbocycles. The lowest BCUT2D eigenvalue weighted by atomic mass is 9.89. The summed E-state index contributed by atoms with van der Waals surface area (Å²) in [6, 6.07) is 14.3. The third kappa shape index (κ3) is 5.44. The lowest BCUT2D eigenvalue weighted by Gasteiger charge is -2.21. The molecule has 0 aromatic heterocycles. The standard InChI is InChI=1S/C14H4O6.2C7H8N2O2/c15-11-5-1-2-6-10-8(14(18)20-12(6)16)4-3-7(9(5)10)13(17)19-11;2*1-5-4-6(9(10)11)2-3-7(5)8/h1-4H;2*2-4H,8H2,1H3. The monoisotopic (exact) mass is 572 g/mol. The Morgan fingerprint density at radius 1 is 0.548 bits per heavy atom. The molecule has 0 bridgehead atoms. The van der Waals surface area contributed by atoms with Crippen LogP contribution in [0.5, 0.6) is 0 Å². The number of non-ortho nitro benzene ring substituents is 2. The van der Waals surface area contributed by atoms with Crippen LogP contribution in [0.4, 0.5) is 22.7 Å². The number of carbonyl (C=O) groups is 4. The minimum absolute atomic E-state index is 0.0803. The van der Waals surface area contributed by atoms with E-state index >= 15 is 0 Å². The Morgan fingerprint density at radius 2 is 0.833 bits per heavy atom. The summed E-state index contributed by atoms with van der Waals surface area (Å²) in [5, 5.41) is 21.0. The van der Waals surface area contributed by atoms with Crippen LogP contribution in [0.2, 0.25) is 0 Å². The predicted octanol–water partition coefficient (Wildman–Crippen LogP) is 4.43. The smallest absolute Gasteiger partial charge is 0.346 e. The summed E-state index contributed by atoms with van der Waals surface area (Å²) in [5.41, 5.74) is 14.3. The Bertz CT molecular complexity index is 1660. The summed E-state index contributed by atoms with van der Waals surface area (Å²) in [6.45, 7) is 3.48. The minimum Gasteiger partial charge on any atom is -0.399 e. The number of hydrogen-bond acceptors (Lipinski definition) is 12. The molecule has 0 atom stereocenters. The number of nitrogens with zero attached hydrogens (tertiary/aromatic N) is 2. The lowest BCUT2D eigenvalue weighted by Crippen LogP contribution is -2.25. The number of hydrogen-bond donors (Lipinski definition) is 2. The fourth-order valence-electron chi connectivity index (χ4n) is 4.11. The van der Waals surface area contributed by atoms with Gasteiger partial charge in [0, 0.05) is 46.4 Å². The van der Waals surface area contributed by atoms with Gasteiger partial charge in [0.15, 0.2) is 0 Å². The molecular formula is C28H20N4O10. The number of nitro benzene ring substituents is 2. The number of ether oxygens (including phenoxy) is 2. The van der Waals surface area contributed by atoms with E-state index in [0.29, 0.717) is 11.4 Å². The zero-order valence-corrected chi connectivity index (χ0v) is 21.9. The predicted molar refractivity (Wildman–Crippen MR) is 148 cm³/mol. The van der Waals surface area contributed by atoms with Gasteiger partial charge in [-0.25, -0.2) is 19.2 Å². The van der Waals surface area contributed by atoms with Crippen LogP contribution in [-0.2, 0) is 9.47 Å². The molecular weight excluding hydrogens is 552 g/mol. The van der Waals surface area contributed by atoms with Crippen molar-refractivity contribution in [2.45, 2.75) is 13.8 Å². The number of esters is 4. The maximum absolute atomic E-state index is 11.7. The maximum Gasteiger partial charge on any atom is 0.346 e. The first-order valence-corrected chi connectivity index (χ1v) is 11.9. The topological polar surface area (TPSA) is 225 Å². The van der Waals surface area contributed by atoms with Crippen molar-refractivity contribution in [1.29, 1.82) is 0 Å². The van der Waals surface area contributed by atoms with Crippen molar-refractivity contribution in [3.05, 3.63) is 114 Å². The molecule has 0 saturated heterocycles. The van der Waals surface area contributed by atoms with Crippen molar-refractivity contribution >= 4 is 57.4 Å². The average molecular weight is 572 g/mol. The van der Waals surface area contributed by atoms with E-state index in [1.165, 1.54) is 60.7 Å². The van der Waals surface area contributed by atoms with Gasteiger partial charge in [-0.1, -0.05) is 0 Å². The molecule has 0 saturated carbocycles. The van der Waals surface area contributed by atoms with Crippen molar-refractivity contribution in [2.24, 2.45) is 0 Å². The number of nitro groups is 2. The van der Waals surface area contributed by atoms with Crippen LogP contribution in [0.1, 0.15) is 52.6 Å². The molecule has 0 unspecified atom stereocenters. The van der Waals surface area contributed by atoms with E-state index in [4.69, 9.17) is 11.5 Å². The summed E-state index contributed by atoms with van der Waals surface area (Å²) >= 11 is 0. The van der Waals surface area contributed by atoms with Crippen molar-refractivity contribution in [2.75, 3.05) is 11.5 Å². The highest BCUT2D eigenvalue weighted by molar-refractivity contribution is 6.29. The van der Waals surface area contributed by atoms with E-state index in [1.807, 2.05) is 0 Å². The molecule has 6 rings (SSSR count). The van der Waals surface area contributed by atoms with Gasteiger partial charge in [0.2, 0.25) is 0 Å². The second kappa shape index (κ2) is 11.1. The van der Waals surface area contributed by atoms with Gasteiger partial charge in [0.25, 0.3) is 11.4 Å². The fourth-order valence-corrected chi connectivity index (χ4v) is 4.11. The zero-order chi connectivity index (χ0) is 30.9. The lowest BCUT2D eigenvalue weighted by molar-refractivity contribution is -0.385. The van der Waals surface area contributed by atoms with Gasteiger partial charge in [-0.05, 0) is 61.4 Å². The van der Waals surface area contributed by atoms with Crippen molar-refractivity contribution in [3.8, 4) is 0 Å². The second-order valence-electron chi connectivity index (χ2n) is 9.02. The largest absolute Gasteiger partial charge is 0.399 e. The summed E-state index contributed by atoms with van der Waals surface area (Å²) in [7, 11) is 0. The molecule has 42 heavy (non-hydrogen) atoms. The number of carbonyl (C=O) groups excluding carboxylic acids is 4. The molecule has 4 N–H and O–H groups in total. The first-order chi connectivity index (χ1) is 19.8.